The third-order valence-electron chi connectivity index (χ3n) is 2.47. The van der Waals surface area contributed by atoms with Crippen LogP contribution in [0.5, 0.6) is 0 Å². The van der Waals surface area contributed by atoms with Gasteiger partial charge in [-0.2, -0.15) is 57.1 Å². The van der Waals surface area contributed by atoms with Gasteiger partial charge >= 0.3 is 41.9 Å². The Kier molecular flexibility index (Phi) is 5.53. The van der Waals surface area contributed by atoms with Gasteiger partial charge in [0.1, 0.15) is 0 Å². The highest BCUT2D eigenvalue weighted by Gasteiger charge is 2.91. The molecule has 0 radical (unpaired) electrons. The lowest BCUT2D eigenvalue weighted by Gasteiger charge is -2.38. The van der Waals surface area contributed by atoms with Crippen LogP contribution in [-0.2, 0) is 9.53 Å². The van der Waals surface area contributed by atoms with E-state index in [1.165, 1.54) is 0 Å². The Hall–Kier alpha value is -1.70. The summed E-state index contributed by atoms with van der Waals surface area (Å²) in [5.41, 5.74) is -1.13. The van der Waals surface area contributed by atoms with Crippen LogP contribution < -0.4 is 0 Å². The summed E-state index contributed by atoms with van der Waals surface area (Å²) in [6.45, 7) is 3.06. The summed E-state index contributed by atoms with van der Waals surface area (Å²) in [5.74, 6) is -34.1. The number of halogens is 13. The lowest BCUT2D eigenvalue weighted by atomic mass is 9.97. The second-order valence-corrected chi connectivity index (χ2v) is 4.48. The molecule has 0 fully saturated rings. The summed E-state index contributed by atoms with van der Waals surface area (Å²) in [4.78, 5) is 10.6. The number of carbonyl (C=O) groups excluding carboxylic acids is 1. The largest absolute Gasteiger partial charge is 0.473 e. The number of carbonyl (C=O) groups is 1. The molecule has 0 aromatic heterocycles. The fourth-order valence-corrected chi connectivity index (χ4v) is 1.02. The molecule has 0 rings (SSSR count). The quantitative estimate of drug-likeness (QED) is 0.361. The zero-order valence-corrected chi connectivity index (χ0v) is 11.4. The lowest BCUT2D eigenvalue weighted by Crippen LogP contribution is -2.70. The normalized spacial score (nSPS) is 15.1. The second-order valence-electron chi connectivity index (χ2n) is 4.48. The third-order valence-corrected chi connectivity index (χ3v) is 2.47. The van der Waals surface area contributed by atoms with Crippen LogP contribution in [0, 0.1) is 0 Å². The molecule has 0 amide bonds. The van der Waals surface area contributed by atoms with E-state index in [1.54, 1.807) is 0 Å². The topological polar surface area (TPSA) is 26.3 Å². The average Bonchev–Trinajstić information content (AvgIpc) is 2.35. The Labute approximate surface area is 129 Å². The minimum atomic E-state index is -8.04. The summed E-state index contributed by atoms with van der Waals surface area (Å²) >= 11 is 0. The van der Waals surface area contributed by atoms with Gasteiger partial charge in [0.15, 0.2) is 0 Å². The molecule has 0 saturated carbocycles. The van der Waals surface area contributed by atoms with Gasteiger partial charge in [-0.1, -0.05) is 6.58 Å². The maximum atomic E-state index is 13.0. The number of esters is 1. The van der Waals surface area contributed by atoms with Crippen molar-refractivity contribution in [2.45, 2.75) is 42.9 Å². The van der Waals surface area contributed by atoms with E-state index in [0.29, 0.717) is 6.92 Å². The highest BCUT2D eigenvalue weighted by atomic mass is 19.4. The molecule has 2 nitrogen and oxygen atoms in total. The predicted octanol–water partition coefficient (Wildman–Crippen LogP) is 4.80. The number of hydrogen-bond donors (Lipinski definition) is 0. The summed E-state index contributed by atoms with van der Waals surface area (Å²) < 4.78 is 166. The van der Waals surface area contributed by atoms with E-state index < -0.39 is 47.5 Å². The van der Waals surface area contributed by atoms with Crippen molar-refractivity contribution in [3.63, 3.8) is 0 Å². The fourth-order valence-electron chi connectivity index (χ4n) is 1.02. The van der Waals surface area contributed by atoms with Crippen LogP contribution in [0.25, 0.3) is 0 Å². The molecule has 148 valence electrons. The van der Waals surface area contributed by atoms with Crippen LogP contribution in [0.15, 0.2) is 12.2 Å². The van der Waals surface area contributed by atoms with Crippen LogP contribution in [-0.4, -0.2) is 41.9 Å². The molecule has 0 spiro atoms. The van der Waals surface area contributed by atoms with Gasteiger partial charge in [-0.15, -0.1) is 0 Å². The number of alkyl halides is 13. The highest BCUT2D eigenvalue weighted by molar-refractivity contribution is 5.87. The van der Waals surface area contributed by atoms with E-state index in [2.05, 4.69) is 11.3 Å². The Morgan fingerprint density at radius 1 is 0.680 bits per heavy atom. The highest BCUT2D eigenvalue weighted by Crippen LogP contribution is 2.60. The first-order valence-corrected chi connectivity index (χ1v) is 5.42. The van der Waals surface area contributed by atoms with Crippen molar-refractivity contribution in [1.29, 1.82) is 0 Å². The van der Waals surface area contributed by atoms with Gasteiger partial charge < -0.3 is 4.74 Å². The maximum absolute atomic E-state index is 13.0. The molecule has 0 unspecified atom stereocenters. The third kappa shape index (κ3) is 3.36. The van der Waals surface area contributed by atoms with E-state index in [-0.39, 0.29) is 0 Å². The first kappa shape index (κ1) is 23.3. The van der Waals surface area contributed by atoms with E-state index in [4.69, 9.17) is 0 Å². The van der Waals surface area contributed by atoms with Crippen molar-refractivity contribution in [2.24, 2.45) is 0 Å². The van der Waals surface area contributed by atoms with Crippen LogP contribution in [0.1, 0.15) is 6.92 Å². The van der Waals surface area contributed by atoms with Crippen molar-refractivity contribution in [2.75, 3.05) is 0 Å². The standard InChI is InChI=1S/C10H5F13O2/c1-3(2)4(24)25-10(22,23)8(17,18)6(13,14)5(11,12)7(15,16)9(19,20)21/h1H2,2H3. The van der Waals surface area contributed by atoms with Gasteiger partial charge in [0.25, 0.3) is 0 Å². The van der Waals surface area contributed by atoms with E-state index in [9.17, 15) is 61.9 Å². The fraction of sp³-hybridized carbons (Fsp3) is 0.700. The molecule has 0 aliphatic heterocycles. The number of ether oxygens (including phenoxy) is 1. The summed E-state index contributed by atoms with van der Waals surface area (Å²) in [6.07, 6.45) is -14.4. The Morgan fingerprint density at radius 2 is 1.00 bits per heavy atom. The predicted molar refractivity (Wildman–Crippen MR) is 51.7 cm³/mol. The van der Waals surface area contributed by atoms with Crippen LogP contribution in [0.2, 0.25) is 0 Å². The van der Waals surface area contributed by atoms with Gasteiger partial charge in [0, 0.05) is 5.57 Å². The van der Waals surface area contributed by atoms with Crippen molar-refractivity contribution < 1.29 is 66.6 Å². The Morgan fingerprint density at radius 3 is 1.28 bits per heavy atom. The van der Waals surface area contributed by atoms with Crippen molar-refractivity contribution in [1.82, 2.24) is 0 Å². The molecule has 0 aliphatic carbocycles. The molecular weight excluding hydrogens is 399 g/mol. The lowest BCUT2D eigenvalue weighted by molar-refractivity contribution is -0.460. The molecule has 0 saturated heterocycles. The minimum absolute atomic E-state index is 0.515. The Balaban J connectivity index is 6.20. The van der Waals surface area contributed by atoms with Gasteiger partial charge in [0.05, 0.1) is 0 Å². The zero-order valence-electron chi connectivity index (χ0n) is 11.4. The van der Waals surface area contributed by atoms with Crippen molar-refractivity contribution in [3.8, 4) is 0 Å². The molecule has 0 N–H and O–H groups in total. The van der Waals surface area contributed by atoms with E-state index in [1.807, 2.05) is 0 Å². The first-order valence-electron chi connectivity index (χ1n) is 5.42. The van der Waals surface area contributed by atoms with Gasteiger partial charge in [-0.3, -0.25) is 0 Å². The van der Waals surface area contributed by atoms with Gasteiger partial charge in [-0.05, 0) is 6.92 Å². The molecule has 0 atom stereocenters. The smallest absolute Gasteiger partial charge is 0.393 e. The molecule has 0 aliphatic rings. The van der Waals surface area contributed by atoms with Gasteiger partial charge in [-0.25, -0.2) is 4.79 Å². The molecule has 0 bridgehead atoms. The summed E-state index contributed by atoms with van der Waals surface area (Å²) in [6, 6.07) is 0. The maximum Gasteiger partial charge on any atom is 0.473 e. The van der Waals surface area contributed by atoms with E-state index >= 15 is 0 Å². The molecule has 25 heavy (non-hydrogen) atoms. The van der Waals surface area contributed by atoms with Crippen LogP contribution >= 0.6 is 0 Å². The second kappa shape index (κ2) is 5.93. The Bertz CT molecular complexity index is 546. The summed E-state index contributed by atoms with van der Waals surface area (Å²) in [7, 11) is 0. The number of hydrogen-bond acceptors (Lipinski definition) is 2. The van der Waals surface area contributed by atoms with Crippen LogP contribution in [0.3, 0.4) is 0 Å². The zero-order chi connectivity index (χ0) is 20.9. The van der Waals surface area contributed by atoms with E-state index in [0.717, 1.165) is 0 Å². The number of rotatable bonds is 6. The van der Waals surface area contributed by atoms with Crippen molar-refractivity contribution in [3.05, 3.63) is 12.2 Å². The monoisotopic (exact) mass is 404 g/mol. The summed E-state index contributed by atoms with van der Waals surface area (Å²) in [5, 5.41) is 0. The average molecular weight is 404 g/mol. The SMILES string of the molecule is C=C(C)C(=O)OC(F)(F)C(F)(F)C(F)(F)C(F)(F)C(F)(F)C(F)(F)F. The first-order chi connectivity index (χ1) is 10.6. The molecule has 0 aromatic rings. The molecular formula is C10H5F13O2. The van der Waals surface area contributed by atoms with Crippen LogP contribution in [0.4, 0.5) is 57.1 Å². The van der Waals surface area contributed by atoms with Gasteiger partial charge in [0.2, 0.25) is 0 Å². The molecule has 0 heterocycles. The van der Waals surface area contributed by atoms with Crippen molar-refractivity contribution >= 4 is 5.97 Å². The molecule has 15 heteroatoms. The minimum Gasteiger partial charge on any atom is -0.393 e. The molecule has 0 aromatic carbocycles.